The van der Waals surface area contributed by atoms with E-state index in [0.717, 1.165) is 15.8 Å². The minimum Gasteiger partial charge on any atom is -0.433 e. The van der Waals surface area contributed by atoms with E-state index < -0.39 is 12.5 Å². The Labute approximate surface area is 146 Å². The lowest BCUT2D eigenvalue weighted by Gasteiger charge is -2.12. The quantitative estimate of drug-likeness (QED) is 0.725. The summed E-state index contributed by atoms with van der Waals surface area (Å²) in [5.74, 6) is -0.531. The van der Waals surface area contributed by atoms with E-state index in [1.165, 1.54) is 23.5 Å². The number of amides is 1. The summed E-state index contributed by atoms with van der Waals surface area (Å²) in [5.41, 5.74) is 2.02. The zero-order valence-corrected chi connectivity index (χ0v) is 14.1. The molecular formula is C17H15F2N3O2S. The van der Waals surface area contributed by atoms with Gasteiger partial charge < -0.3 is 14.6 Å². The number of thiazole rings is 1. The summed E-state index contributed by atoms with van der Waals surface area (Å²) in [6.45, 7) is -1.11. The zero-order valence-electron chi connectivity index (χ0n) is 13.3. The maximum absolute atomic E-state index is 12.4. The van der Waals surface area contributed by atoms with E-state index in [4.69, 9.17) is 5.41 Å². The second-order valence-electron chi connectivity index (χ2n) is 5.39. The Balaban J connectivity index is 1.82. The molecule has 3 aromatic rings. The van der Waals surface area contributed by atoms with E-state index in [1.807, 2.05) is 25.1 Å². The Morgan fingerprint density at radius 2 is 2.08 bits per heavy atom. The molecule has 2 aromatic carbocycles. The topological polar surface area (TPSA) is 67.1 Å². The first-order valence-corrected chi connectivity index (χ1v) is 8.24. The number of aryl methyl sites for hydroxylation is 1. The number of hydrogen-bond acceptors (Lipinski definition) is 4. The monoisotopic (exact) mass is 363 g/mol. The Morgan fingerprint density at radius 1 is 1.32 bits per heavy atom. The molecular weight excluding hydrogens is 348 g/mol. The van der Waals surface area contributed by atoms with Gasteiger partial charge in [-0.25, -0.2) is 0 Å². The second-order valence-corrected chi connectivity index (χ2v) is 6.42. The van der Waals surface area contributed by atoms with Gasteiger partial charge in [0.15, 0.2) is 4.80 Å². The van der Waals surface area contributed by atoms with E-state index >= 15 is 0 Å². The van der Waals surface area contributed by atoms with Gasteiger partial charge in [0.1, 0.15) is 12.3 Å². The van der Waals surface area contributed by atoms with Crippen molar-refractivity contribution in [3.63, 3.8) is 0 Å². The number of aromatic nitrogens is 1. The molecule has 0 radical (unpaired) electrons. The lowest BCUT2D eigenvalue weighted by atomic mass is 10.2. The fourth-order valence-corrected chi connectivity index (χ4v) is 3.46. The van der Waals surface area contributed by atoms with Crippen molar-refractivity contribution in [3.8, 4) is 5.75 Å². The normalized spacial score (nSPS) is 11.0. The number of nitrogens with one attached hydrogen (secondary N) is 2. The molecule has 25 heavy (non-hydrogen) atoms. The fraction of sp³-hybridized carbons (Fsp3) is 0.176. The number of halogens is 2. The summed E-state index contributed by atoms with van der Waals surface area (Å²) in [5, 5.41) is 10.6. The number of ether oxygens (including phenoxy) is 1. The molecule has 0 aliphatic heterocycles. The third-order valence-corrected chi connectivity index (χ3v) is 4.50. The van der Waals surface area contributed by atoms with Gasteiger partial charge in [-0.15, -0.1) is 0 Å². The van der Waals surface area contributed by atoms with Crippen molar-refractivity contribution in [1.82, 2.24) is 4.57 Å². The highest BCUT2D eigenvalue weighted by atomic mass is 32.1. The van der Waals surface area contributed by atoms with Gasteiger partial charge in [-0.05, 0) is 36.8 Å². The molecule has 0 atom stereocenters. The van der Waals surface area contributed by atoms with Gasteiger partial charge in [0.05, 0.1) is 15.9 Å². The molecule has 1 amide bonds. The summed E-state index contributed by atoms with van der Waals surface area (Å²) >= 11 is 1.28. The third kappa shape index (κ3) is 3.85. The van der Waals surface area contributed by atoms with Gasteiger partial charge in [0.25, 0.3) is 0 Å². The maximum Gasteiger partial charge on any atom is 0.387 e. The first-order valence-electron chi connectivity index (χ1n) is 7.42. The summed E-state index contributed by atoms with van der Waals surface area (Å²) in [7, 11) is 0. The van der Waals surface area contributed by atoms with Gasteiger partial charge in [0, 0.05) is 0 Å². The standard InChI is InChI=1S/C17H15F2N3O2S/c1-10-6-7-12-14(8-10)25-17(20)22(12)9-15(23)21-11-4-2-3-5-13(11)24-16(18)19/h2-8,16,20H,9H2,1H3,(H,21,23). The minimum atomic E-state index is -2.98. The molecule has 0 saturated carbocycles. The summed E-state index contributed by atoms with van der Waals surface area (Å²) in [4.78, 5) is 12.6. The Bertz CT molecular complexity index is 981. The highest BCUT2D eigenvalue weighted by Crippen LogP contribution is 2.25. The number of fused-ring (bicyclic) bond motifs is 1. The predicted octanol–water partition coefficient (Wildman–Crippen LogP) is 3.73. The number of anilines is 1. The van der Waals surface area contributed by atoms with E-state index in [9.17, 15) is 13.6 Å². The zero-order chi connectivity index (χ0) is 18.0. The number of carbonyl (C=O) groups excluding carboxylic acids is 1. The van der Waals surface area contributed by atoms with Crippen molar-refractivity contribution in [2.24, 2.45) is 0 Å². The Morgan fingerprint density at radius 3 is 2.84 bits per heavy atom. The smallest absolute Gasteiger partial charge is 0.387 e. The second kappa shape index (κ2) is 7.02. The molecule has 2 N–H and O–H groups in total. The molecule has 5 nitrogen and oxygen atoms in total. The van der Waals surface area contributed by atoms with E-state index in [-0.39, 0.29) is 22.8 Å². The Kier molecular flexibility index (Phi) is 4.80. The van der Waals surface area contributed by atoms with Crippen LogP contribution in [0.3, 0.4) is 0 Å². The average Bonchev–Trinajstić information content (AvgIpc) is 2.83. The van der Waals surface area contributed by atoms with Crippen LogP contribution in [-0.4, -0.2) is 17.1 Å². The summed E-state index contributed by atoms with van der Waals surface area (Å²) < 4.78 is 31.8. The molecule has 1 aromatic heterocycles. The van der Waals surface area contributed by atoms with Crippen LogP contribution in [0.1, 0.15) is 5.56 Å². The van der Waals surface area contributed by atoms with Gasteiger partial charge in [-0.3, -0.25) is 10.2 Å². The number of benzene rings is 2. The van der Waals surface area contributed by atoms with Crippen LogP contribution in [0, 0.1) is 12.3 Å². The molecule has 0 aliphatic carbocycles. The summed E-state index contributed by atoms with van der Waals surface area (Å²) in [6.07, 6.45) is 0. The van der Waals surface area contributed by atoms with E-state index in [1.54, 1.807) is 16.7 Å². The lowest BCUT2D eigenvalue weighted by Crippen LogP contribution is -2.24. The number of nitrogens with zero attached hydrogens (tertiary/aromatic N) is 1. The van der Waals surface area contributed by atoms with Crippen molar-refractivity contribution in [2.45, 2.75) is 20.1 Å². The van der Waals surface area contributed by atoms with Gasteiger partial charge in [-0.1, -0.05) is 29.5 Å². The van der Waals surface area contributed by atoms with Gasteiger partial charge >= 0.3 is 6.61 Å². The summed E-state index contributed by atoms with van der Waals surface area (Å²) in [6, 6.07) is 11.7. The van der Waals surface area contributed by atoms with Crippen LogP contribution in [-0.2, 0) is 11.3 Å². The lowest BCUT2D eigenvalue weighted by molar-refractivity contribution is -0.116. The number of carbonyl (C=O) groups is 1. The molecule has 0 spiro atoms. The van der Waals surface area contributed by atoms with Crippen LogP contribution < -0.4 is 14.9 Å². The van der Waals surface area contributed by atoms with Gasteiger partial charge in [-0.2, -0.15) is 8.78 Å². The van der Waals surface area contributed by atoms with Crippen LogP contribution in [0.15, 0.2) is 42.5 Å². The molecule has 1 heterocycles. The molecule has 0 saturated heterocycles. The van der Waals surface area contributed by atoms with Crippen LogP contribution in [0.5, 0.6) is 5.75 Å². The van der Waals surface area contributed by atoms with Crippen molar-refractivity contribution in [1.29, 1.82) is 5.41 Å². The van der Waals surface area contributed by atoms with Crippen LogP contribution >= 0.6 is 11.3 Å². The third-order valence-electron chi connectivity index (χ3n) is 3.54. The fourth-order valence-electron chi connectivity index (χ4n) is 2.45. The van der Waals surface area contributed by atoms with Crippen molar-refractivity contribution in [3.05, 3.63) is 52.8 Å². The van der Waals surface area contributed by atoms with Crippen molar-refractivity contribution >= 4 is 33.1 Å². The molecule has 0 bridgehead atoms. The van der Waals surface area contributed by atoms with E-state index in [2.05, 4.69) is 10.1 Å². The molecule has 0 aliphatic rings. The first-order chi connectivity index (χ1) is 11.9. The average molecular weight is 363 g/mol. The van der Waals surface area contributed by atoms with Crippen LogP contribution in [0.2, 0.25) is 0 Å². The first kappa shape index (κ1) is 17.1. The molecule has 8 heteroatoms. The number of alkyl halides is 2. The number of para-hydroxylation sites is 2. The molecule has 130 valence electrons. The Hall–Kier alpha value is -2.74. The largest absolute Gasteiger partial charge is 0.433 e. The van der Waals surface area contributed by atoms with Crippen molar-refractivity contribution in [2.75, 3.05) is 5.32 Å². The predicted molar refractivity (Wildman–Crippen MR) is 92.1 cm³/mol. The minimum absolute atomic E-state index is 0.0924. The van der Waals surface area contributed by atoms with Crippen LogP contribution in [0.25, 0.3) is 10.2 Å². The number of hydrogen-bond donors (Lipinski definition) is 2. The van der Waals surface area contributed by atoms with E-state index in [0.29, 0.717) is 0 Å². The van der Waals surface area contributed by atoms with Crippen molar-refractivity contribution < 1.29 is 18.3 Å². The SMILES string of the molecule is Cc1ccc2c(c1)sc(=N)n2CC(=O)Nc1ccccc1OC(F)F. The van der Waals surface area contributed by atoms with Gasteiger partial charge in [0.2, 0.25) is 5.91 Å². The highest BCUT2D eigenvalue weighted by Gasteiger charge is 2.14. The molecule has 0 unspecified atom stereocenters. The molecule has 3 rings (SSSR count). The highest BCUT2D eigenvalue weighted by molar-refractivity contribution is 7.16. The van der Waals surface area contributed by atoms with Crippen LogP contribution in [0.4, 0.5) is 14.5 Å². The number of rotatable bonds is 5. The maximum atomic E-state index is 12.4. The molecule has 0 fully saturated rings.